The molecule has 1 fully saturated rings. The minimum absolute atomic E-state index is 0.384. The molecule has 96 valence electrons. The molecular weight excluding hydrogens is 216 g/mol. The fourth-order valence-electron chi connectivity index (χ4n) is 2.16. The molecule has 2 rings (SSSR count). The Balaban J connectivity index is 1.86. The molecule has 1 aromatic heterocycles. The molecule has 1 aliphatic rings. The summed E-state index contributed by atoms with van der Waals surface area (Å²) in [5.41, 5.74) is 6.64. The number of ether oxygens (including phenoxy) is 1. The maximum Gasteiger partial charge on any atom is 0.0950 e. The Labute approximate surface area is 103 Å². The van der Waals surface area contributed by atoms with E-state index in [9.17, 15) is 0 Å². The zero-order valence-corrected chi connectivity index (χ0v) is 10.5. The van der Waals surface area contributed by atoms with E-state index in [0.717, 1.165) is 44.9 Å². The molecule has 0 aliphatic carbocycles. The molecule has 1 aliphatic heterocycles. The molecule has 0 radical (unpaired) electrons. The first-order valence-electron chi connectivity index (χ1n) is 6.36. The lowest BCUT2D eigenvalue weighted by molar-refractivity contribution is -0.0327. The van der Waals surface area contributed by atoms with Gasteiger partial charge in [0.1, 0.15) is 0 Å². The van der Waals surface area contributed by atoms with Gasteiger partial charge in [-0.2, -0.15) is 0 Å². The molecule has 1 saturated heterocycles. The Hall–Kier alpha value is -0.910. The van der Waals surface area contributed by atoms with Crippen LogP contribution in [0.5, 0.6) is 0 Å². The van der Waals surface area contributed by atoms with Crippen LogP contribution in [0.2, 0.25) is 0 Å². The second-order valence-electron chi connectivity index (χ2n) is 4.53. The Morgan fingerprint density at radius 2 is 2.47 bits per heavy atom. The van der Waals surface area contributed by atoms with E-state index < -0.39 is 0 Å². The van der Waals surface area contributed by atoms with Gasteiger partial charge >= 0.3 is 0 Å². The maximum absolute atomic E-state index is 5.66. The first kappa shape index (κ1) is 12.5. The average Bonchev–Trinajstić information content (AvgIpc) is 2.77. The minimum Gasteiger partial charge on any atom is -0.376 e. The molecule has 2 N–H and O–H groups in total. The molecular formula is C12H22N4O. The third-order valence-corrected chi connectivity index (χ3v) is 3.14. The summed E-state index contributed by atoms with van der Waals surface area (Å²) in [6.45, 7) is 7.43. The number of nitrogens with zero attached hydrogens (tertiary/aromatic N) is 3. The third kappa shape index (κ3) is 3.52. The monoisotopic (exact) mass is 238 g/mol. The van der Waals surface area contributed by atoms with Crippen molar-refractivity contribution in [1.82, 2.24) is 14.5 Å². The van der Waals surface area contributed by atoms with Gasteiger partial charge in [-0.05, 0) is 6.42 Å². The van der Waals surface area contributed by atoms with Crippen LogP contribution in [0.25, 0.3) is 0 Å². The molecule has 1 atom stereocenters. The molecule has 0 aromatic carbocycles. The van der Waals surface area contributed by atoms with Gasteiger partial charge in [0.05, 0.1) is 24.7 Å². The van der Waals surface area contributed by atoms with Gasteiger partial charge < -0.3 is 15.0 Å². The molecule has 0 saturated carbocycles. The number of imidazole rings is 1. The van der Waals surface area contributed by atoms with Gasteiger partial charge in [0.15, 0.2) is 0 Å². The Morgan fingerprint density at radius 3 is 3.24 bits per heavy atom. The smallest absolute Gasteiger partial charge is 0.0950 e. The average molecular weight is 238 g/mol. The summed E-state index contributed by atoms with van der Waals surface area (Å²) in [6, 6.07) is 0. The van der Waals surface area contributed by atoms with Crippen LogP contribution in [0.1, 0.15) is 19.0 Å². The van der Waals surface area contributed by atoms with Crippen molar-refractivity contribution >= 4 is 0 Å². The Kier molecular flexibility index (Phi) is 4.53. The van der Waals surface area contributed by atoms with E-state index in [1.54, 1.807) is 0 Å². The lowest BCUT2D eigenvalue weighted by atomic mass is 10.2. The molecule has 0 bridgehead atoms. The highest BCUT2D eigenvalue weighted by Gasteiger charge is 2.19. The standard InChI is InChI=1S/C12H22N4O/c1-2-12-9-15(5-6-17-12)7-11-8-16(4-3-13)10-14-11/h8,10,12H,2-7,9,13H2,1H3. The van der Waals surface area contributed by atoms with E-state index in [1.807, 2.05) is 10.9 Å². The summed E-state index contributed by atoms with van der Waals surface area (Å²) < 4.78 is 7.70. The summed E-state index contributed by atoms with van der Waals surface area (Å²) in [6.07, 6.45) is 5.41. The van der Waals surface area contributed by atoms with Crippen LogP contribution < -0.4 is 5.73 Å². The number of hydrogen-bond acceptors (Lipinski definition) is 4. The normalized spacial score (nSPS) is 21.9. The number of aromatic nitrogens is 2. The second-order valence-corrected chi connectivity index (χ2v) is 4.53. The first-order chi connectivity index (χ1) is 8.31. The Morgan fingerprint density at radius 1 is 1.59 bits per heavy atom. The summed E-state index contributed by atoms with van der Waals surface area (Å²) in [5.74, 6) is 0. The SMILES string of the molecule is CCC1CN(Cc2cn(CCN)cn2)CCO1. The third-order valence-electron chi connectivity index (χ3n) is 3.14. The van der Waals surface area contributed by atoms with Crippen LogP contribution in [0.3, 0.4) is 0 Å². The van der Waals surface area contributed by atoms with Gasteiger partial charge in [0.2, 0.25) is 0 Å². The number of rotatable bonds is 5. The Bertz CT molecular complexity index is 339. The largest absolute Gasteiger partial charge is 0.376 e. The summed E-state index contributed by atoms with van der Waals surface area (Å²) in [7, 11) is 0. The molecule has 1 unspecified atom stereocenters. The van der Waals surface area contributed by atoms with E-state index in [2.05, 4.69) is 23.0 Å². The van der Waals surface area contributed by atoms with Gasteiger partial charge in [-0.25, -0.2) is 4.98 Å². The van der Waals surface area contributed by atoms with E-state index in [-0.39, 0.29) is 0 Å². The topological polar surface area (TPSA) is 56.3 Å². The van der Waals surface area contributed by atoms with E-state index >= 15 is 0 Å². The molecule has 17 heavy (non-hydrogen) atoms. The van der Waals surface area contributed by atoms with Gasteiger partial charge in [-0.1, -0.05) is 6.92 Å². The number of hydrogen-bond donors (Lipinski definition) is 1. The van der Waals surface area contributed by atoms with Crippen molar-refractivity contribution in [2.24, 2.45) is 5.73 Å². The van der Waals surface area contributed by atoms with Crippen LogP contribution in [-0.4, -0.2) is 46.8 Å². The molecule has 0 spiro atoms. The van der Waals surface area contributed by atoms with E-state index in [4.69, 9.17) is 10.5 Å². The molecule has 2 heterocycles. The summed E-state index contributed by atoms with van der Waals surface area (Å²) >= 11 is 0. The van der Waals surface area contributed by atoms with Crippen molar-refractivity contribution < 1.29 is 4.74 Å². The van der Waals surface area contributed by atoms with Crippen LogP contribution >= 0.6 is 0 Å². The van der Waals surface area contributed by atoms with Crippen molar-refractivity contribution in [2.75, 3.05) is 26.2 Å². The first-order valence-corrected chi connectivity index (χ1v) is 6.36. The number of nitrogens with two attached hydrogens (primary N) is 1. The zero-order chi connectivity index (χ0) is 12.1. The lowest BCUT2D eigenvalue weighted by Crippen LogP contribution is -2.41. The van der Waals surface area contributed by atoms with Crippen LogP contribution in [0, 0.1) is 0 Å². The maximum atomic E-state index is 5.66. The predicted molar refractivity (Wildman–Crippen MR) is 66.6 cm³/mol. The molecule has 5 nitrogen and oxygen atoms in total. The second kappa shape index (κ2) is 6.14. The predicted octanol–water partition coefficient (Wildman–Crippen LogP) is 0.453. The van der Waals surface area contributed by atoms with Crippen LogP contribution in [0.15, 0.2) is 12.5 Å². The van der Waals surface area contributed by atoms with Gasteiger partial charge in [0.25, 0.3) is 0 Å². The van der Waals surface area contributed by atoms with Crippen molar-refractivity contribution in [3.8, 4) is 0 Å². The fraction of sp³-hybridized carbons (Fsp3) is 0.750. The van der Waals surface area contributed by atoms with Crippen LogP contribution in [-0.2, 0) is 17.8 Å². The van der Waals surface area contributed by atoms with Gasteiger partial charge in [-0.3, -0.25) is 4.90 Å². The van der Waals surface area contributed by atoms with E-state index in [1.165, 1.54) is 0 Å². The van der Waals surface area contributed by atoms with E-state index in [0.29, 0.717) is 12.6 Å². The van der Waals surface area contributed by atoms with Crippen molar-refractivity contribution in [3.63, 3.8) is 0 Å². The molecule has 0 amide bonds. The van der Waals surface area contributed by atoms with Crippen LogP contribution in [0.4, 0.5) is 0 Å². The zero-order valence-electron chi connectivity index (χ0n) is 10.5. The highest BCUT2D eigenvalue weighted by atomic mass is 16.5. The minimum atomic E-state index is 0.384. The lowest BCUT2D eigenvalue weighted by Gasteiger charge is -2.31. The highest BCUT2D eigenvalue weighted by Crippen LogP contribution is 2.11. The van der Waals surface area contributed by atoms with Crippen molar-refractivity contribution in [1.29, 1.82) is 0 Å². The van der Waals surface area contributed by atoms with Crippen molar-refractivity contribution in [2.45, 2.75) is 32.5 Å². The number of morpholine rings is 1. The van der Waals surface area contributed by atoms with Gasteiger partial charge in [-0.15, -0.1) is 0 Å². The fourth-order valence-corrected chi connectivity index (χ4v) is 2.16. The summed E-state index contributed by atoms with van der Waals surface area (Å²) in [5, 5.41) is 0. The quantitative estimate of drug-likeness (QED) is 0.809. The van der Waals surface area contributed by atoms with Gasteiger partial charge in [0, 0.05) is 38.9 Å². The van der Waals surface area contributed by atoms with Crippen molar-refractivity contribution in [3.05, 3.63) is 18.2 Å². The summed E-state index contributed by atoms with van der Waals surface area (Å²) in [4.78, 5) is 6.81. The molecule has 1 aromatic rings. The molecule has 5 heteroatoms. The highest BCUT2D eigenvalue weighted by molar-refractivity contribution is 4.97.